The zero-order valence-electron chi connectivity index (χ0n) is 17.0. The van der Waals surface area contributed by atoms with E-state index in [0.717, 1.165) is 30.8 Å². The molecule has 1 rings (SSSR count). The standard InChI is InChI=1S/C21H39NO3Si/c1-26(2,3)16-8-6-4-5-7-15-25-20-11-9-19(10-12-20)13-14-21(22,17-23)18-24/h9-12,23-24H,4-8,13-18,22H2,1-3H3. The van der Waals surface area contributed by atoms with E-state index in [1.54, 1.807) is 0 Å². The molecule has 0 atom stereocenters. The predicted octanol–water partition coefficient (Wildman–Crippen LogP) is 3.97. The van der Waals surface area contributed by atoms with Crippen molar-refractivity contribution in [2.24, 2.45) is 5.73 Å². The van der Waals surface area contributed by atoms with Crippen molar-refractivity contribution < 1.29 is 14.9 Å². The van der Waals surface area contributed by atoms with Gasteiger partial charge < -0.3 is 20.7 Å². The third-order valence-corrected chi connectivity index (χ3v) is 6.66. The van der Waals surface area contributed by atoms with Crippen LogP contribution in [0.3, 0.4) is 0 Å². The van der Waals surface area contributed by atoms with Crippen molar-refractivity contribution in [2.45, 2.75) is 76.2 Å². The van der Waals surface area contributed by atoms with E-state index in [0.29, 0.717) is 6.42 Å². The molecular formula is C21H39NO3Si. The highest BCUT2D eigenvalue weighted by atomic mass is 28.3. The number of aliphatic hydroxyl groups excluding tert-OH is 2. The second kappa shape index (κ2) is 11.8. The lowest BCUT2D eigenvalue weighted by Gasteiger charge is -2.24. The summed E-state index contributed by atoms with van der Waals surface area (Å²) in [7, 11) is -0.859. The van der Waals surface area contributed by atoms with Gasteiger partial charge in [-0.15, -0.1) is 0 Å². The van der Waals surface area contributed by atoms with Gasteiger partial charge in [-0.25, -0.2) is 0 Å². The molecule has 0 aliphatic rings. The minimum absolute atomic E-state index is 0.206. The molecule has 4 N–H and O–H groups in total. The summed E-state index contributed by atoms with van der Waals surface area (Å²) in [5, 5.41) is 18.5. The van der Waals surface area contributed by atoms with E-state index in [9.17, 15) is 10.2 Å². The molecule has 5 heteroatoms. The van der Waals surface area contributed by atoms with E-state index < -0.39 is 13.6 Å². The predicted molar refractivity (Wildman–Crippen MR) is 113 cm³/mol. The first kappa shape index (κ1) is 23.2. The lowest BCUT2D eigenvalue weighted by atomic mass is 9.94. The maximum Gasteiger partial charge on any atom is 0.119 e. The van der Waals surface area contributed by atoms with Gasteiger partial charge in [0.15, 0.2) is 0 Å². The zero-order chi connectivity index (χ0) is 19.5. The average molecular weight is 382 g/mol. The highest BCUT2D eigenvalue weighted by molar-refractivity contribution is 6.76. The van der Waals surface area contributed by atoms with E-state index in [2.05, 4.69) is 19.6 Å². The summed E-state index contributed by atoms with van der Waals surface area (Å²) in [6, 6.07) is 9.47. The summed E-state index contributed by atoms with van der Waals surface area (Å²) in [6.07, 6.45) is 7.68. The molecule has 26 heavy (non-hydrogen) atoms. The van der Waals surface area contributed by atoms with Gasteiger partial charge in [-0.3, -0.25) is 0 Å². The molecule has 0 bridgehead atoms. The molecular weight excluding hydrogens is 342 g/mol. The maximum absolute atomic E-state index is 9.23. The largest absolute Gasteiger partial charge is 0.494 e. The SMILES string of the molecule is C[Si](C)(C)CCCCCCCOc1ccc(CCC(N)(CO)CO)cc1. The quantitative estimate of drug-likeness (QED) is 0.337. The normalized spacial score (nSPS) is 12.4. The minimum Gasteiger partial charge on any atom is -0.494 e. The second-order valence-electron chi connectivity index (χ2n) is 8.75. The summed E-state index contributed by atoms with van der Waals surface area (Å²) in [6.45, 7) is 7.69. The number of benzene rings is 1. The Kier molecular flexibility index (Phi) is 10.5. The van der Waals surface area contributed by atoms with Crippen molar-refractivity contribution in [2.75, 3.05) is 19.8 Å². The van der Waals surface area contributed by atoms with Crippen LogP contribution in [0.2, 0.25) is 25.7 Å². The topological polar surface area (TPSA) is 75.7 Å². The molecule has 4 nitrogen and oxygen atoms in total. The van der Waals surface area contributed by atoms with Gasteiger partial charge in [0.2, 0.25) is 0 Å². The van der Waals surface area contributed by atoms with Gasteiger partial charge in [0.25, 0.3) is 0 Å². The summed E-state index contributed by atoms with van der Waals surface area (Å²) >= 11 is 0. The van der Waals surface area contributed by atoms with E-state index in [-0.39, 0.29) is 13.2 Å². The fraction of sp³-hybridized carbons (Fsp3) is 0.714. The van der Waals surface area contributed by atoms with Gasteiger partial charge in [0.1, 0.15) is 5.75 Å². The van der Waals surface area contributed by atoms with Crippen LogP contribution < -0.4 is 10.5 Å². The van der Waals surface area contributed by atoms with Crippen molar-refractivity contribution in [3.8, 4) is 5.75 Å². The van der Waals surface area contributed by atoms with Crippen LogP contribution in [0.25, 0.3) is 0 Å². The van der Waals surface area contributed by atoms with Gasteiger partial charge in [0.05, 0.1) is 25.4 Å². The Morgan fingerprint density at radius 1 is 0.923 bits per heavy atom. The Morgan fingerprint density at radius 3 is 2.08 bits per heavy atom. The number of hydrogen-bond acceptors (Lipinski definition) is 4. The third-order valence-electron chi connectivity index (χ3n) is 4.80. The molecule has 0 saturated heterocycles. The van der Waals surface area contributed by atoms with Crippen LogP contribution in [-0.4, -0.2) is 43.6 Å². The molecule has 0 aromatic heterocycles. The van der Waals surface area contributed by atoms with Crippen LogP contribution in [0.1, 0.15) is 44.1 Å². The number of hydrogen-bond donors (Lipinski definition) is 3. The molecule has 0 unspecified atom stereocenters. The summed E-state index contributed by atoms with van der Waals surface area (Å²) in [5.41, 5.74) is 6.13. The van der Waals surface area contributed by atoms with E-state index in [1.807, 2.05) is 24.3 Å². The van der Waals surface area contributed by atoms with Gasteiger partial charge in [-0.2, -0.15) is 0 Å². The second-order valence-corrected chi connectivity index (χ2v) is 14.4. The zero-order valence-corrected chi connectivity index (χ0v) is 18.0. The number of rotatable bonds is 14. The first-order valence-electron chi connectivity index (χ1n) is 10.0. The molecule has 0 fully saturated rings. The monoisotopic (exact) mass is 381 g/mol. The van der Waals surface area contributed by atoms with Crippen LogP contribution in [0, 0.1) is 0 Å². The summed E-state index contributed by atoms with van der Waals surface area (Å²) in [4.78, 5) is 0. The van der Waals surface area contributed by atoms with Crippen molar-refractivity contribution in [3.63, 3.8) is 0 Å². The fourth-order valence-electron chi connectivity index (χ4n) is 2.83. The Labute approximate surface area is 160 Å². The number of unbranched alkanes of at least 4 members (excludes halogenated alkanes) is 4. The van der Waals surface area contributed by atoms with E-state index in [1.165, 1.54) is 31.7 Å². The van der Waals surface area contributed by atoms with Crippen LogP contribution in [0.4, 0.5) is 0 Å². The Hall–Kier alpha value is -0.883. The van der Waals surface area contributed by atoms with Crippen molar-refractivity contribution in [1.29, 1.82) is 0 Å². The van der Waals surface area contributed by atoms with Crippen molar-refractivity contribution in [1.82, 2.24) is 0 Å². The molecule has 0 spiro atoms. The minimum atomic E-state index is -0.899. The van der Waals surface area contributed by atoms with E-state index >= 15 is 0 Å². The summed E-state index contributed by atoms with van der Waals surface area (Å²) in [5.74, 6) is 0.899. The smallest absolute Gasteiger partial charge is 0.119 e. The summed E-state index contributed by atoms with van der Waals surface area (Å²) < 4.78 is 5.81. The first-order valence-corrected chi connectivity index (χ1v) is 13.7. The maximum atomic E-state index is 9.23. The lowest BCUT2D eigenvalue weighted by molar-refractivity contribution is 0.115. The van der Waals surface area contributed by atoms with Crippen LogP contribution in [0.5, 0.6) is 5.75 Å². The molecule has 0 amide bonds. The average Bonchev–Trinajstić information content (AvgIpc) is 2.62. The molecule has 150 valence electrons. The first-order chi connectivity index (χ1) is 12.3. The Balaban J connectivity index is 2.15. The number of aliphatic hydroxyl groups is 2. The number of ether oxygens (including phenoxy) is 1. The van der Waals surface area contributed by atoms with Gasteiger partial charge in [0, 0.05) is 8.07 Å². The molecule has 0 aliphatic heterocycles. The van der Waals surface area contributed by atoms with E-state index in [4.69, 9.17) is 10.5 Å². The molecule has 0 radical (unpaired) electrons. The third kappa shape index (κ3) is 10.3. The Bertz CT molecular complexity index is 481. The van der Waals surface area contributed by atoms with Gasteiger partial charge >= 0.3 is 0 Å². The highest BCUT2D eigenvalue weighted by Gasteiger charge is 2.22. The molecule has 0 aliphatic carbocycles. The highest BCUT2D eigenvalue weighted by Crippen LogP contribution is 2.17. The number of nitrogens with two attached hydrogens (primary N) is 1. The molecule has 1 aromatic rings. The fourth-order valence-corrected chi connectivity index (χ4v) is 4.14. The van der Waals surface area contributed by atoms with Crippen molar-refractivity contribution >= 4 is 8.07 Å². The lowest BCUT2D eigenvalue weighted by Crippen LogP contribution is -2.47. The van der Waals surface area contributed by atoms with Gasteiger partial charge in [-0.1, -0.05) is 63.5 Å². The Morgan fingerprint density at radius 2 is 1.50 bits per heavy atom. The van der Waals surface area contributed by atoms with Crippen LogP contribution in [0.15, 0.2) is 24.3 Å². The molecule has 0 saturated carbocycles. The van der Waals surface area contributed by atoms with Crippen LogP contribution in [-0.2, 0) is 6.42 Å². The number of aryl methyl sites for hydroxylation is 1. The molecule has 0 heterocycles. The van der Waals surface area contributed by atoms with Crippen LogP contribution >= 0.6 is 0 Å². The van der Waals surface area contributed by atoms with Crippen molar-refractivity contribution in [3.05, 3.63) is 29.8 Å². The molecule has 1 aromatic carbocycles. The van der Waals surface area contributed by atoms with Gasteiger partial charge in [-0.05, 0) is 37.0 Å².